The second-order valence-electron chi connectivity index (χ2n) is 4.13. The van der Waals surface area contributed by atoms with Gasteiger partial charge in [0.15, 0.2) is 5.13 Å². The average molecular weight is 242 g/mol. The molecule has 1 aromatic heterocycles. The maximum absolute atomic E-state index is 10.7. The quantitative estimate of drug-likeness (QED) is 0.846. The highest BCUT2D eigenvalue weighted by Gasteiger charge is 2.28. The molecule has 2 rings (SSSR count). The Hall–Kier alpha value is -1.14. The molecule has 0 unspecified atom stereocenters. The van der Waals surface area contributed by atoms with Crippen LogP contribution in [0, 0.1) is 0 Å². The van der Waals surface area contributed by atoms with Crippen LogP contribution in [-0.2, 0) is 4.74 Å². The van der Waals surface area contributed by atoms with E-state index in [1.54, 1.807) is 0 Å². The fraction of sp³-hybridized carbons (Fsp3) is 0.600. The number of nitrogens with one attached hydrogen (secondary N) is 1. The molecule has 88 valence electrons. The maximum atomic E-state index is 10.7. The van der Waals surface area contributed by atoms with Crippen molar-refractivity contribution in [1.29, 1.82) is 0 Å². The van der Waals surface area contributed by atoms with Gasteiger partial charge in [0, 0.05) is 18.8 Å². The van der Waals surface area contributed by atoms with Gasteiger partial charge in [-0.2, -0.15) is 0 Å². The van der Waals surface area contributed by atoms with Crippen molar-refractivity contribution in [3.63, 3.8) is 0 Å². The van der Waals surface area contributed by atoms with Crippen molar-refractivity contribution >= 4 is 22.4 Å². The van der Waals surface area contributed by atoms with Gasteiger partial charge in [-0.25, -0.2) is 9.78 Å². The summed E-state index contributed by atoms with van der Waals surface area (Å²) in [5, 5.41) is 12.8. The number of anilines is 1. The Morgan fingerprint density at radius 2 is 2.31 bits per heavy atom. The predicted molar refractivity (Wildman–Crippen MR) is 61.2 cm³/mol. The Morgan fingerprint density at radius 3 is 2.88 bits per heavy atom. The van der Waals surface area contributed by atoms with E-state index in [1.807, 2.05) is 0 Å². The summed E-state index contributed by atoms with van der Waals surface area (Å²) in [7, 11) is 0. The lowest BCUT2D eigenvalue weighted by atomic mass is 9.93. The molecular formula is C10H14N2O3S. The van der Waals surface area contributed by atoms with Crippen LogP contribution in [0.3, 0.4) is 0 Å². The number of rotatable bonds is 3. The molecule has 0 amide bonds. The molecule has 2 N–H and O–H groups in total. The number of thiazole rings is 1. The second kappa shape index (κ2) is 4.39. The lowest BCUT2D eigenvalue weighted by molar-refractivity contribution is 0.0657. The van der Waals surface area contributed by atoms with Crippen LogP contribution in [0.2, 0.25) is 0 Å². The molecule has 6 heteroatoms. The van der Waals surface area contributed by atoms with Crippen molar-refractivity contribution in [2.75, 3.05) is 18.5 Å². The highest BCUT2D eigenvalue weighted by molar-refractivity contribution is 7.17. The molecule has 5 nitrogen and oxygen atoms in total. The molecule has 1 aliphatic heterocycles. The number of nitrogens with zero attached hydrogens (tertiary/aromatic N) is 1. The van der Waals surface area contributed by atoms with E-state index in [0.717, 1.165) is 26.1 Å². The molecule has 0 aliphatic carbocycles. The van der Waals surface area contributed by atoms with E-state index in [4.69, 9.17) is 9.84 Å². The van der Waals surface area contributed by atoms with E-state index in [9.17, 15) is 4.79 Å². The van der Waals surface area contributed by atoms with E-state index in [0.29, 0.717) is 5.13 Å². The predicted octanol–water partition coefficient (Wildman–Crippen LogP) is 1.82. The van der Waals surface area contributed by atoms with Crippen LogP contribution < -0.4 is 5.32 Å². The van der Waals surface area contributed by atoms with Crippen LogP contribution >= 0.6 is 11.3 Å². The van der Waals surface area contributed by atoms with Crippen LogP contribution in [0.15, 0.2) is 6.20 Å². The van der Waals surface area contributed by atoms with Crippen molar-refractivity contribution in [1.82, 2.24) is 4.98 Å². The summed E-state index contributed by atoms with van der Waals surface area (Å²) in [6, 6.07) is 0. The summed E-state index contributed by atoms with van der Waals surface area (Å²) in [6.07, 6.45) is 3.21. The van der Waals surface area contributed by atoms with Crippen molar-refractivity contribution in [2.45, 2.75) is 25.3 Å². The Balaban J connectivity index is 2.04. The first kappa shape index (κ1) is 11.3. The van der Waals surface area contributed by atoms with Crippen LogP contribution in [0.1, 0.15) is 29.4 Å². The highest BCUT2D eigenvalue weighted by Crippen LogP contribution is 2.27. The molecule has 0 saturated carbocycles. The molecule has 1 aromatic rings. The van der Waals surface area contributed by atoms with Gasteiger partial charge in [0.25, 0.3) is 0 Å². The van der Waals surface area contributed by atoms with Gasteiger partial charge in [-0.3, -0.25) is 0 Å². The van der Waals surface area contributed by atoms with Crippen molar-refractivity contribution in [3.8, 4) is 0 Å². The van der Waals surface area contributed by atoms with Gasteiger partial charge >= 0.3 is 5.97 Å². The van der Waals surface area contributed by atoms with Crippen molar-refractivity contribution in [2.24, 2.45) is 0 Å². The third-order valence-corrected chi connectivity index (χ3v) is 3.62. The molecule has 1 saturated heterocycles. The molecule has 0 spiro atoms. The zero-order chi connectivity index (χ0) is 11.6. The Kier molecular flexibility index (Phi) is 3.11. The molecule has 0 bridgehead atoms. The number of aromatic nitrogens is 1. The minimum Gasteiger partial charge on any atom is -0.477 e. The smallest absolute Gasteiger partial charge is 0.347 e. The molecule has 1 fully saturated rings. The fourth-order valence-corrected chi connectivity index (χ4v) is 2.44. The van der Waals surface area contributed by atoms with Crippen LogP contribution in [-0.4, -0.2) is 34.8 Å². The number of carboxylic acid groups (broad SMARTS) is 1. The molecule has 1 aliphatic rings. The van der Waals surface area contributed by atoms with E-state index >= 15 is 0 Å². The van der Waals surface area contributed by atoms with Crippen LogP contribution in [0.25, 0.3) is 0 Å². The first-order valence-electron chi connectivity index (χ1n) is 5.14. The SMILES string of the molecule is CC1(Nc2ncc(C(=O)O)s2)CCOCC1. The van der Waals surface area contributed by atoms with Gasteiger partial charge in [-0.05, 0) is 19.8 Å². The number of carboxylic acids is 1. The molecule has 0 radical (unpaired) electrons. The van der Waals surface area contributed by atoms with Gasteiger partial charge < -0.3 is 15.2 Å². The summed E-state index contributed by atoms with van der Waals surface area (Å²) in [6.45, 7) is 3.58. The summed E-state index contributed by atoms with van der Waals surface area (Å²) in [4.78, 5) is 15.0. The number of ether oxygens (including phenoxy) is 1. The van der Waals surface area contributed by atoms with Crippen molar-refractivity contribution in [3.05, 3.63) is 11.1 Å². The van der Waals surface area contributed by atoms with Gasteiger partial charge in [-0.1, -0.05) is 11.3 Å². The monoisotopic (exact) mass is 242 g/mol. The lowest BCUT2D eigenvalue weighted by Crippen LogP contribution is -2.40. The first-order chi connectivity index (χ1) is 7.59. The largest absolute Gasteiger partial charge is 0.477 e. The highest BCUT2D eigenvalue weighted by atomic mass is 32.1. The minimum absolute atomic E-state index is 0.0358. The molecule has 16 heavy (non-hydrogen) atoms. The number of carbonyl (C=O) groups is 1. The molecule has 0 atom stereocenters. The second-order valence-corrected chi connectivity index (χ2v) is 5.16. The zero-order valence-corrected chi connectivity index (χ0v) is 9.84. The Labute approximate surface area is 97.5 Å². The molecule has 0 aromatic carbocycles. The summed E-state index contributed by atoms with van der Waals surface area (Å²) in [5.41, 5.74) is -0.0358. The van der Waals surface area contributed by atoms with Crippen LogP contribution in [0.5, 0.6) is 0 Å². The van der Waals surface area contributed by atoms with E-state index in [2.05, 4.69) is 17.2 Å². The van der Waals surface area contributed by atoms with E-state index in [-0.39, 0.29) is 10.4 Å². The normalized spacial score (nSPS) is 19.3. The first-order valence-corrected chi connectivity index (χ1v) is 5.96. The summed E-state index contributed by atoms with van der Waals surface area (Å²) >= 11 is 1.17. The minimum atomic E-state index is -0.928. The van der Waals surface area contributed by atoms with Gasteiger partial charge in [-0.15, -0.1) is 0 Å². The van der Waals surface area contributed by atoms with Gasteiger partial charge in [0.05, 0.1) is 6.20 Å². The summed E-state index contributed by atoms with van der Waals surface area (Å²) in [5.74, 6) is -0.928. The maximum Gasteiger partial charge on any atom is 0.347 e. The fourth-order valence-electron chi connectivity index (χ4n) is 1.64. The lowest BCUT2D eigenvalue weighted by Gasteiger charge is -2.34. The number of aromatic carboxylic acids is 1. The standard InChI is InChI=1S/C10H14N2O3S/c1-10(2-4-15-5-3-10)12-9-11-6-7(16-9)8(13)14/h6H,2-5H2,1H3,(H,11,12)(H,13,14). The zero-order valence-electron chi connectivity index (χ0n) is 9.02. The van der Waals surface area contributed by atoms with Gasteiger partial charge in [0.2, 0.25) is 0 Å². The van der Waals surface area contributed by atoms with E-state index < -0.39 is 5.97 Å². The average Bonchev–Trinajstić information content (AvgIpc) is 2.66. The third kappa shape index (κ3) is 2.51. The Bertz CT molecular complexity index is 385. The molecular weight excluding hydrogens is 228 g/mol. The third-order valence-electron chi connectivity index (χ3n) is 2.72. The summed E-state index contributed by atoms with van der Waals surface area (Å²) < 4.78 is 5.29. The van der Waals surface area contributed by atoms with Crippen molar-refractivity contribution < 1.29 is 14.6 Å². The number of hydrogen-bond donors (Lipinski definition) is 2. The number of hydrogen-bond acceptors (Lipinski definition) is 5. The van der Waals surface area contributed by atoms with Crippen LogP contribution in [0.4, 0.5) is 5.13 Å². The van der Waals surface area contributed by atoms with Gasteiger partial charge in [0.1, 0.15) is 4.88 Å². The molecule has 2 heterocycles. The van der Waals surface area contributed by atoms with E-state index in [1.165, 1.54) is 17.5 Å². The topological polar surface area (TPSA) is 71.5 Å². The Morgan fingerprint density at radius 1 is 1.62 bits per heavy atom.